The number of hydrogen-bond donors (Lipinski definition) is 0. The number of alkyl halides is 1. The molecule has 1 aromatic carbocycles. The molecule has 1 amide bonds. The van der Waals surface area contributed by atoms with E-state index in [1.165, 1.54) is 11.0 Å². The molecular weight excluding hydrogens is 492 g/mol. The Bertz CT molecular complexity index is 614. The molecule has 1 aliphatic heterocycles. The van der Waals surface area contributed by atoms with Crippen LogP contribution in [0.25, 0.3) is 5.70 Å². The molecule has 23 heavy (non-hydrogen) atoms. The Morgan fingerprint density at radius 3 is 2.61 bits per heavy atom. The van der Waals surface area contributed by atoms with E-state index in [2.05, 4.69) is 12.7 Å². The zero-order valence-electron chi connectivity index (χ0n) is 12.6. The fraction of sp³-hybridized carbons (Fsp3) is 0.312. The van der Waals surface area contributed by atoms with Gasteiger partial charge in [-0.05, 0) is 19.1 Å². The van der Waals surface area contributed by atoms with Gasteiger partial charge in [-0.3, -0.25) is 4.79 Å². The van der Waals surface area contributed by atoms with Crippen LogP contribution in [0.4, 0.5) is 8.78 Å². The average molecular weight is 507 g/mol. The van der Waals surface area contributed by atoms with E-state index in [0.717, 1.165) is 12.1 Å². The molecule has 1 atom stereocenters. The topological polar surface area (TPSA) is 29.5 Å². The number of rotatable bonds is 5. The Morgan fingerprint density at radius 1 is 1.48 bits per heavy atom. The van der Waals surface area contributed by atoms with Gasteiger partial charge in [-0.2, -0.15) is 0 Å². The first-order chi connectivity index (χ1) is 10.5. The predicted molar refractivity (Wildman–Crippen MR) is 88.5 cm³/mol. The number of hydrogen-bond acceptors (Lipinski definition) is 2. The normalized spacial score (nSPS) is 17.4. The van der Waals surface area contributed by atoms with Crippen LogP contribution in [0, 0.1) is 17.7 Å². The van der Waals surface area contributed by atoms with Crippen molar-refractivity contribution in [1.82, 2.24) is 4.90 Å². The van der Waals surface area contributed by atoms with Crippen LogP contribution >= 0.6 is 22.6 Å². The molecule has 121 valence electrons. The summed E-state index contributed by atoms with van der Waals surface area (Å²) in [4.78, 5) is 13.5. The number of benzene rings is 1. The molecule has 2 rings (SSSR count). The number of amides is 1. The molecule has 1 aromatic rings. The molecule has 0 N–H and O–H groups in total. The van der Waals surface area contributed by atoms with E-state index in [0.29, 0.717) is 13.0 Å². The molecule has 0 spiro atoms. The van der Waals surface area contributed by atoms with Gasteiger partial charge in [0, 0.05) is 39.3 Å². The van der Waals surface area contributed by atoms with Crippen LogP contribution in [-0.4, -0.2) is 27.9 Å². The van der Waals surface area contributed by atoms with Crippen molar-refractivity contribution in [2.24, 2.45) is 0 Å². The molecule has 0 bridgehead atoms. The first-order valence-corrected chi connectivity index (χ1v) is 8.03. The zero-order chi connectivity index (χ0) is 16.3. The second-order valence-electron chi connectivity index (χ2n) is 4.64. The van der Waals surface area contributed by atoms with Gasteiger partial charge in [0.15, 0.2) is 0 Å². The Kier molecular flexibility index (Phi) is 8.31. The van der Waals surface area contributed by atoms with Crippen LogP contribution in [0.15, 0.2) is 24.8 Å². The zero-order valence-corrected chi connectivity index (χ0v) is 17.6. The molecule has 1 radical (unpaired) electrons. The van der Waals surface area contributed by atoms with Gasteiger partial charge < -0.3 is 9.64 Å². The number of nitrogens with zero attached hydrogens (tertiary/aromatic N) is 1. The maximum absolute atomic E-state index is 14.3. The number of carbonyl (C=O) groups is 1. The number of carbonyl (C=O) groups excluding carboxylic acids is 1. The maximum atomic E-state index is 14.3. The van der Waals surface area contributed by atoms with Crippen molar-refractivity contribution in [3.05, 3.63) is 48.1 Å². The minimum Gasteiger partial charge on any atom is -0.489 e. The molecule has 0 saturated carbocycles. The summed E-state index contributed by atoms with van der Waals surface area (Å²) >= 11 is 2.00. The van der Waals surface area contributed by atoms with E-state index in [4.69, 9.17) is 4.74 Å². The third-order valence-corrected chi connectivity index (χ3v) is 4.16. The van der Waals surface area contributed by atoms with Gasteiger partial charge in [0.2, 0.25) is 5.91 Å². The summed E-state index contributed by atoms with van der Waals surface area (Å²) in [5.41, 5.74) is -0.0878. The summed E-state index contributed by atoms with van der Waals surface area (Å²) in [6.07, 6.45) is 4.76. The minimum atomic E-state index is -0.778. The van der Waals surface area contributed by atoms with Crippen molar-refractivity contribution in [3.8, 4) is 5.75 Å². The summed E-state index contributed by atoms with van der Waals surface area (Å²) in [5.74, 6) is -1.64. The van der Waals surface area contributed by atoms with Crippen LogP contribution in [0.3, 0.4) is 0 Å². The summed E-state index contributed by atoms with van der Waals surface area (Å²) < 4.78 is 33.5. The largest absolute Gasteiger partial charge is 0.489 e. The van der Waals surface area contributed by atoms with Gasteiger partial charge >= 0.3 is 0 Å². The van der Waals surface area contributed by atoms with Crippen molar-refractivity contribution in [3.63, 3.8) is 0 Å². The smallest absolute Gasteiger partial charge is 0.235 e. The molecule has 0 saturated heterocycles. The maximum Gasteiger partial charge on any atom is 0.235 e. The van der Waals surface area contributed by atoms with Crippen molar-refractivity contribution in [2.75, 3.05) is 13.2 Å². The van der Waals surface area contributed by atoms with Gasteiger partial charge in [-0.1, -0.05) is 47.2 Å². The fourth-order valence-corrected chi connectivity index (χ4v) is 2.76. The Balaban J connectivity index is 0.00000264. The van der Waals surface area contributed by atoms with Gasteiger partial charge in [0.1, 0.15) is 12.4 Å². The Hall–Kier alpha value is -0.336. The van der Waals surface area contributed by atoms with Gasteiger partial charge in [0.05, 0.1) is 15.6 Å². The van der Waals surface area contributed by atoms with Crippen molar-refractivity contribution < 1.29 is 51.0 Å². The molecule has 0 fully saturated rings. The summed E-state index contributed by atoms with van der Waals surface area (Å²) in [6, 6.07) is 2.20. The van der Waals surface area contributed by atoms with Gasteiger partial charge in [0.25, 0.3) is 0 Å². The second kappa shape index (κ2) is 9.23. The standard InChI is InChI=1S/C16H15F2INO2.Y/c1-3-7-22-10-8-11(17)15(12(18)9-10)14-6-5-13(19)16(21)20(14)4-2;/h3,8-9,13H,1,4-5,7H2,2H3;/q-1;. The van der Waals surface area contributed by atoms with Crippen LogP contribution in [-0.2, 0) is 37.5 Å². The first kappa shape index (κ1) is 20.7. The quantitative estimate of drug-likeness (QED) is 0.263. The average Bonchev–Trinajstić information content (AvgIpc) is 2.48. The van der Waals surface area contributed by atoms with E-state index >= 15 is 0 Å². The SMILES string of the molecule is C=CCOc1cc(F)c(C2=[C-]CC(I)C(=O)N2CC)c(F)c1.[Y]. The number of allylic oxidation sites excluding steroid dienone is 1. The Labute approximate surface area is 173 Å². The molecule has 7 heteroatoms. The Morgan fingerprint density at radius 2 is 2.09 bits per heavy atom. The van der Waals surface area contributed by atoms with Crippen LogP contribution in [0.5, 0.6) is 5.75 Å². The molecule has 3 nitrogen and oxygen atoms in total. The van der Waals surface area contributed by atoms with Crippen molar-refractivity contribution >= 4 is 34.2 Å². The molecule has 1 aliphatic rings. The molecule has 1 heterocycles. The van der Waals surface area contributed by atoms with Crippen LogP contribution < -0.4 is 4.74 Å². The van der Waals surface area contributed by atoms with Gasteiger partial charge in [-0.25, -0.2) is 14.9 Å². The van der Waals surface area contributed by atoms with Crippen molar-refractivity contribution in [2.45, 2.75) is 17.3 Å². The predicted octanol–water partition coefficient (Wildman–Crippen LogP) is 3.73. The molecule has 0 aliphatic carbocycles. The summed E-state index contributed by atoms with van der Waals surface area (Å²) in [7, 11) is 0. The van der Waals surface area contributed by atoms with E-state index < -0.39 is 11.6 Å². The van der Waals surface area contributed by atoms with E-state index in [1.54, 1.807) is 6.92 Å². The van der Waals surface area contributed by atoms with E-state index in [-0.39, 0.29) is 66.2 Å². The molecule has 0 aromatic heterocycles. The summed E-state index contributed by atoms with van der Waals surface area (Å²) in [6.45, 7) is 5.72. The monoisotopic (exact) mass is 507 g/mol. The van der Waals surface area contributed by atoms with Gasteiger partial charge in [-0.15, -0.1) is 5.70 Å². The minimum absolute atomic E-state index is 0. The van der Waals surface area contributed by atoms with E-state index in [9.17, 15) is 13.6 Å². The van der Waals surface area contributed by atoms with Crippen LogP contribution in [0.2, 0.25) is 0 Å². The molecule has 1 unspecified atom stereocenters. The summed E-state index contributed by atoms with van der Waals surface area (Å²) in [5, 5.41) is 0. The number of ether oxygens (including phenoxy) is 1. The third kappa shape index (κ3) is 4.60. The van der Waals surface area contributed by atoms with E-state index in [1.807, 2.05) is 22.6 Å². The first-order valence-electron chi connectivity index (χ1n) is 6.79. The van der Waals surface area contributed by atoms with Crippen molar-refractivity contribution in [1.29, 1.82) is 0 Å². The van der Waals surface area contributed by atoms with Crippen LogP contribution in [0.1, 0.15) is 18.9 Å². The third-order valence-electron chi connectivity index (χ3n) is 3.19. The fourth-order valence-electron chi connectivity index (χ4n) is 2.20. The number of halogens is 3. The second-order valence-corrected chi connectivity index (χ2v) is 6.14. The molecular formula is C16H15F2INO2Y-.